The highest BCUT2D eigenvalue weighted by atomic mass is 16.7. The van der Waals surface area contributed by atoms with E-state index in [-0.39, 0.29) is 25.0 Å². The lowest BCUT2D eigenvalue weighted by molar-refractivity contribution is -0.137. The number of amides is 3. The molecule has 0 saturated heterocycles. The zero-order chi connectivity index (χ0) is 25.4. The Labute approximate surface area is 203 Å². The lowest BCUT2D eigenvalue weighted by atomic mass is 10.0. The van der Waals surface area contributed by atoms with Crippen molar-refractivity contribution < 1.29 is 33.7 Å². The third-order valence-electron chi connectivity index (χ3n) is 5.44. The first-order chi connectivity index (χ1) is 16.7. The molecule has 0 radical (unpaired) electrons. The fourth-order valence-corrected chi connectivity index (χ4v) is 3.67. The predicted octanol–water partition coefficient (Wildman–Crippen LogP) is 2.97. The molecule has 0 aliphatic carbocycles. The maximum absolute atomic E-state index is 12.9. The second kappa shape index (κ2) is 12.0. The Bertz CT molecular complexity index is 1040. The summed E-state index contributed by atoms with van der Waals surface area (Å²) in [4.78, 5) is 37.1. The van der Waals surface area contributed by atoms with Crippen molar-refractivity contribution in [3.05, 3.63) is 53.6 Å². The third kappa shape index (κ3) is 7.53. The van der Waals surface area contributed by atoms with Gasteiger partial charge in [0.1, 0.15) is 11.8 Å². The van der Waals surface area contributed by atoms with Gasteiger partial charge in [0.05, 0.1) is 19.6 Å². The second-order valence-corrected chi connectivity index (χ2v) is 8.63. The zero-order valence-electron chi connectivity index (χ0n) is 20.0. The van der Waals surface area contributed by atoms with Crippen LogP contribution >= 0.6 is 0 Å². The van der Waals surface area contributed by atoms with E-state index in [9.17, 15) is 19.5 Å². The van der Waals surface area contributed by atoms with Gasteiger partial charge in [-0.25, -0.2) is 4.79 Å². The topological polar surface area (TPSA) is 135 Å². The molecule has 0 saturated carbocycles. The van der Waals surface area contributed by atoms with Crippen molar-refractivity contribution in [2.45, 2.75) is 45.3 Å². The first-order valence-electron chi connectivity index (χ1n) is 11.3. The van der Waals surface area contributed by atoms with Gasteiger partial charge < -0.3 is 35.3 Å². The van der Waals surface area contributed by atoms with Gasteiger partial charge in [0.2, 0.25) is 12.7 Å². The van der Waals surface area contributed by atoms with E-state index >= 15 is 0 Å². The number of hydrogen-bond acceptors (Lipinski definition) is 6. The van der Waals surface area contributed by atoms with Crippen LogP contribution in [0.25, 0.3) is 0 Å². The summed E-state index contributed by atoms with van der Waals surface area (Å²) < 4.78 is 15.8. The molecule has 35 heavy (non-hydrogen) atoms. The number of fused-ring (bicyclic) bond motifs is 1. The van der Waals surface area contributed by atoms with Crippen LogP contribution < -0.4 is 30.2 Å². The largest absolute Gasteiger partial charge is 0.497 e. The molecule has 0 aromatic heterocycles. The van der Waals surface area contributed by atoms with E-state index in [4.69, 9.17) is 14.2 Å². The highest BCUT2D eigenvalue weighted by molar-refractivity contribution is 5.87. The Kier molecular flexibility index (Phi) is 8.77. The number of urea groups is 1. The van der Waals surface area contributed by atoms with Crippen LogP contribution in [0.4, 0.5) is 4.79 Å². The highest BCUT2D eigenvalue weighted by Crippen LogP contribution is 2.34. The van der Waals surface area contributed by atoms with Gasteiger partial charge in [0, 0.05) is 6.54 Å². The molecular formula is C25H31N3O7. The van der Waals surface area contributed by atoms with Crippen molar-refractivity contribution in [3.63, 3.8) is 0 Å². The van der Waals surface area contributed by atoms with Crippen molar-refractivity contribution >= 4 is 17.9 Å². The van der Waals surface area contributed by atoms with Gasteiger partial charge in [-0.05, 0) is 47.7 Å². The number of aliphatic carboxylic acids is 1. The van der Waals surface area contributed by atoms with Gasteiger partial charge in [0.15, 0.2) is 11.5 Å². The van der Waals surface area contributed by atoms with Crippen LogP contribution in [0.3, 0.4) is 0 Å². The van der Waals surface area contributed by atoms with Gasteiger partial charge in [0.25, 0.3) is 0 Å². The van der Waals surface area contributed by atoms with Crippen molar-refractivity contribution in [1.29, 1.82) is 0 Å². The number of hydrogen-bond donors (Lipinski definition) is 4. The van der Waals surface area contributed by atoms with Gasteiger partial charge in [-0.2, -0.15) is 0 Å². The minimum absolute atomic E-state index is 0.0822. The lowest BCUT2D eigenvalue weighted by Crippen LogP contribution is -2.51. The molecule has 3 rings (SSSR count). The number of nitrogens with one attached hydrogen (secondary N) is 3. The summed E-state index contributed by atoms with van der Waals surface area (Å²) >= 11 is 0. The van der Waals surface area contributed by atoms with Crippen LogP contribution in [0.15, 0.2) is 42.5 Å². The fraction of sp³-hybridized carbons (Fsp3) is 0.400. The maximum Gasteiger partial charge on any atom is 0.315 e. The highest BCUT2D eigenvalue weighted by Gasteiger charge is 2.25. The van der Waals surface area contributed by atoms with Crippen LogP contribution in [0, 0.1) is 5.92 Å². The molecule has 10 nitrogen and oxygen atoms in total. The molecule has 188 valence electrons. The number of methoxy groups -OCH3 is 1. The number of carbonyl (C=O) groups is 3. The Morgan fingerprint density at radius 3 is 2.40 bits per heavy atom. The third-order valence-corrected chi connectivity index (χ3v) is 5.44. The summed E-state index contributed by atoms with van der Waals surface area (Å²) in [5.41, 5.74) is 1.44. The fourth-order valence-electron chi connectivity index (χ4n) is 3.67. The Hall–Kier alpha value is -3.95. The smallest absolute Gasteiger partial charge is 0.315 e. The molecule has 3 amide bonds. The Morgan fingerprint density at radius 2 is 1.74 bits per heavy atom. The molecule has 1 aliphatic heterocycles. The maximum atomic E-state index is 12.9. The summed E-state index contributed by atoms with van der Waals surface area (Å²) in [7, 11) is 1.58. The van der Waals surface area contributed by atoms with Gasteiger partial charge in [-0.15, -0.1) is 0 Å². The first kappa shape index (κ1) is 25.7. The Balaban J connectivity index is 1.64. The summed E-state index contributed by atoms with van der Waals surface area (Å²) in [6, 6.07) is 10.0. The average Bonchev–Trinajstić information content (AvgIpc) is 3.29. The van der Waals surface area contributed by atoms with Crippen LogP contribution in [0.5, 0.6) is 17.2 Å². The van der Waals surface area contributed by atoms with E-state index in [1.165, 1.54) is 0 Å². The molecule has 2 aromatic carbocycles. The number of ether oxygens (including phenoxy) is 3. The average molecular weight is 486 g/mol. The molecule has 2 aromatic rings. The van der Waals surface area contributed by atoms with Crippen LogP contribution in [0.2, 0.25) is 0 Å². The van der Waals surface area contributed by atoms with Gasteiger partial charge in [-0.1, -0.05) is 32.0 Å². The van der Waals surface area contributed by atoms with E-state index < -0.39 is 24.1 Å². The number of rotatable bonds is 11. The van der Waals surface area contributed by atoms with Crippen molar-refractivity contribution in [2.24, 2.45) is 5.92 Å². The molecule has 4 N–H and O–H groups in total. The molecule has 0 fully saturated rings. The molecule has 0 spiro atoms. The molecule has 1 aliphatic rings. The van der Waals surface area contributed by atoms with Crippen LogP contribution in [0.1, 0.15) is 43.9 Å². The summed E-state index contributed by atoms with van der Waals surface area (Å²) in [6.07, 6.45) is 0.0705. The number of carbonyl (C=O) groups excluding carboxylic acids is 2. The van der Waals surface area contributed by atoms with E-state index in [1.54, 1.807) is 37.4 Å². The standard InChI is InChI=1S/C25H31N3O7/c1-15(2)10-20(24(31)26-13-16-4-7-18(33-3)8-5-16)28-25(32)27-19(12-23(29)30)17-6-9-21-22(11-17)35-14-34-21/h4-9,11,15,19-20H,10,12-14H2,1-3H3,(H,26,31)(H,29,30)(H2,27,28,32)/t19?,20-/m0/s1. The predicted molar refractivity (Wildman–Crippen MR) is 127 cm³/mol. The van der Waals surface area contributed by atoms with E-state index in [0.717, 1.165) is 11.3 Å². The molecule has 1 unspecified atom stereocenters. The number of benzene rings is 2. The summed E-state index contributed by atoms with van der Waals surface area (Å²) in [6.45, 7) is 4.27. The molecular weight excluding hydrogens is 454 g/mol. The van der Waals surface area contributed by atoms with Gasteiger partial charge in [-0.3, -0.25) is 9.59 Å². The molecule has 0 bridgehead atoms. The second-order valence-electron chi connectivity index (χ2n) is 8.63. The van der Waals surface area contributed by atoms with Crippen molar-refractivity contribution in [3.8, 4) is 17.2 Å². The lowest BCUT2D eigenvalue weighted by Gasteiger charge is -2.23. The van der Waals surface area contributed by atoms with E-state index in [0.29, 0.717) is 30.0 Å². The normalized spacial score (nSPS) is 13.6. The van der Waals surface area contributed by atoms with Gasteiger partial charge >= 0.3 is 12.0 Å². The van der Waals surface area contributed by atoms with E-state index in [2.05, 4.69) is 16.0 Å². The quantitative estimate of drug-likeness (QED) is 0.384. The minimum Gasteiger partial charge on any atom is -0.497 e. The zero-order valence-corrected chi connectivity index (χ0v) is 20.0. The van der Waals surface area contributed by atoms with E-state index in [1.807, 2.05) is 26.0 Å². The van der Waals surface area contributed by atoms with Crippen LogP contribution in [-0.2, 0) is 16.1 Å². The van der Waals surface area contributed by atoms with Crippen molar-refractivity contribution in [2.75, 3.05) is 13.9 Å². The molecule has 10 heteroatoms. The SMILES string of the molecule is COc1ccc(CNC(=O)[C@H](CC(C)C)NC(=O)NC(CC(=O)O)c2ccc3c(c2)OCO3)cc1. The summed E-state index contributed by atoms with van der Waals surface area (Å²) in [5, 5.41) is 17.6. The molecule has 2 atom stereocenters. The Morgan fingerprint density at radius 1 is 1.03 bits per heavy atom. The molecule has 1 heterocycles. The number of carboxylic acids is 1. The number of carboxylic acid groups (broad SMARTS) is 1. The minimum atomic E-state index is -1.08. The van der Waals surface area contributed by atoms with Crippen LogP contribution in [-0.4, -0.2) is 43.0 Å². The van der Waals surface area contributed by atoms with Crippen molar-refractivity contribution in [1.82, 2.24) is 16.0 Å². The monoisotopic (exact) mass is 485 g/mol. The summed E-state index contributed by atoms with van der Waals surface area (Å²) in [5.74, 6) is 0.477. The first-order valence-corrected chi connectivity index (χ1v) is 11.3.